The normalized spacial score (nSPS) is 23.6. The lowest BCUT2D eigenvalue weighted by atomic mass is 9.87. The first-order valence-corrected chi connectivity index (χ1v) is 5.67. The number of carbonyl (C=O) groups excluding carboxylic acids is 2. The van der Waals surface area contributed by atoms with E-state index in [0.717, 1.165) is 5.56 Å². The number of rotatable bonds is 3. The Balaban J connectivity index is 2.14. The number of Topliss-reactive ketones (excluding diaryl/α,β-unsaturated/α-hetero) is 1. The summed E-state index contributed by atoms with van der Waals surface area (Å²) in [6, 6.07) is 8.45. The molecule has 94 valence electrons. The van der Waals surface area contributed by atoms with Crippen LogP contribution in [0.4, 0.5) is 0 Å². The second-order valence-electron chi connectivity index (χ2n) is 4.31. The smallest absolute Gasteiger partial charge is 0.314 e. The van der Waals surface area contributed by atoms with Crippen molar-refractivity contribution in [1.29, 1.82) is 0 Å². The van der Waals surface area contributed by atoms with Crippen LogP contribution in [0.2, 0.25) is 0 Å². The largest absolute Gasteiger partial charge is 0.481 e. The molecule has 2 atom stereocenters. The summed E-state index contributed by atoms with van der Waals surface area (Å²) < 4.78 is 0. The van der Waals surface area contributed by atoms with Crippen LogP contribution >= 0.6 is 0 Å². The number of carboxylic acid groups (broad SMARTS) is 1. The average molecular weight is 247 g/mol. The fraction of sp³-hybridized carbons (Fsp3) is 0.308. The predicted molar refractivity (Wildman–Crippen MR) is 62.8 cm³/mol. The monoisotopic (exact) mass is 247 g/mol. The lowest BCUT2D eigenvalue weighted by Crippen LogP contribution is -2.52. The van der Waals surface area contributed by atoms with E-state index in [0.29, 0.717) is 6.42 Å². The molecule has 1 aliphatic heterocycles. The molecule has 1 aromatic rings. The molecule has 1 aromatic carbocycles. The summed E-state index contributed by atoms with van der Waals surface area (Å²) >= 11 is 0. The highest BCUT2D eigenvalue weighted by atomic mass is 16.4. The van der Waals surface area contributed by atoms with Gasteiger partial charge in [-0.2, -0.15) is 0 Å². The van der Waals surface area contributed by atoms with Crippen molar-refractivity contribution in [1.82, 2.24) is 5.32 Å². The van der Waals surface area contributed by atoms with Gasteiger partial charge in [-0.25, -0.2) is 0 Å². The molecule has 0 aliphatic carbocycles. The molecule has 0 spiro atoms. The molecule has 1 saturated heterocycles. The number of amides is 1. The molecule has 2 rings (SSSR count). The first kappa shape index (κ1) is 12.3. The van der Waals surface area contributed by atoms with Crippen LogP contribution in [-0.4, -0.2) is 28.8 Å². The SMILES string of the molecule is O=C1CC(C(=O)O)C(=O)C(Cc2ccccc2)N1. The van der Waals surface area contributed by atoms with E-state index >= 15 is 0 Å². The van der Waals surface area contributed by atoms with E-state index in [2.05, 4.69) is 5.32 Å². The minimum absolute atomic E-state index is 0.264. The molecule has 2 N–H and O–H groups in total. The van der Waals surface area contributed by atoms with Gasteiger partial charge in [0, 0.05) is 6.42 Å². The minimum Gasteiger partial charge on any atom is -0.481 e. The summed E-state index contributed by atoms with van der Waals surface area (Å²) in [5.41, 5.74) is 0.891. The van der Waals surface area contributed by atoms with Gasteiger partial charge in [0.05, 0.1) is 6.04 Å². The van der Waals surface area contributed by atoms with Crippen LogP contribution in [0.25, 0.3) is 0 Å². The van der Waals surface area contributed by atoms with Gasteiger partial charge in [-0.15, -0.1) is 0 Å². The number of ketones is 1. The van der Waals surface area contributed by atoms with Gasteiger partial charge in [-0.1, -0.05) is 30.3 Å². The zero-order chi connectivity index (χ0) is 13.1. The molecule has 1 aliphatic rings. The number of hydrogen-bond donors (Lipinski definition) is 2. The highest BCUT2D eigenvalue weighted by Crippen LogP contribution is 2.16. The summed E-state index contributed by atoms with van der Waals surface area (Å²) in [6.07, 6.45) is 0.0641. The Hall–Kier alpha value is -2.17. The highest BCUT2D eigenvalue weighted by Gasteiger charge is 2.39. The van der Waals surface area contributed by atoms with E-state index in [4.69, 9.17) is 5.11 Å². The molecule has 0 saturated carbocycles. The van der Waals surface area contributed by atoms with E-state index in [1.807, 2.05) is 30.3 Å². The van der Waals surface area contributed by atoms with E-state index in [9.17, 15) is 14.4 Å². The van der Waals surface area contributed by atoms with Gasteiger partial charge in [-0.3, -0.25) is 14.4 Å². The summed E-state index contributed by atoms with van der Waals surface area (Å²) in [6.45, 7) is 0. The minimum atomic E-state index is -1.23. The molecule has 0 bridgehead atoms. The summed E-state index contributed by atoms with van der Waals surface area (Å²) in [7, 11) is 0. The average Bonchev–Trinajstić information content (AvgIpc) is 2.34. The van der Waals surface area contributed by atoms with Crippen LogP contribution < -0.4 is 5.32 Å². The maximum atomic E-state index is 11.9. The van der Waals surface area contributed by atoms with Crippen LogP contribution in [0, 0.1) is 5.92 Å². The Morgan fingerprint density at radius 1 is 1.28 bits per heavy atom. The molecule has 1 amide bonds. The maximum Gasteiger partial charge on any atom is 0.314 e. The van der Waals surface area contributed by atoms with Gasteiger partial charge in [-0.05, 0) is 12.0 Å². The summed E-state index contributed by atoms with van der Waals surface area (Å²) in [5, 5.41) is 11.5. The Kier molecular flexibility index (Phi) is 3.41. The maximum absolute atomic E-state index is 11.9. The van der Waals surface area contributed by atoms with Crippen LogP contribution in [0.1, 0.15) is 12.0 Å². The standard InChI is InChI=1S/C13H13NO4/c15-11-7-9(13(17)18)12(16)10(14-11)6-8-4-2-1-3-5-8/h1-5,9-10H,6-7H2,(H,14,15)(H,17,18). The number of carboxylic acids is 1. The first-order valence-electron chi connectivity index (χ1n) is 5.67. The fourth-order valence-electron chi connectivity index (χ4n) is 2.06. The Morgan fingerprint density at radius 2 is 1.94 bits per heavy atom. The van der Waals surface area contributed by atoms with Gasteiger partial charge in [0.15, 0.2) is 5.78 Å². The van der Waals surface area contributed by atoms with E-state index in [1.165, 1.54) is 0 Å². The Labute approximate surface area is 104 Å². The number of aliphatic carboxylic acids is 1. The molecule has 18 heavy (non-hydrogen) atoms. The van der Waals surface area contributed by atoms with E-state index in [-0.39, 0.29) is 12.3 Å². The molecule has 2 unspecified atom stereocenters. The zero-order valence-electron chi connectivity index (χ0n) is 9.63. The molecule has 1 fully saturated rings. The molecule has 0 aromatic heterocycles. The number of piperidine rings is 1. The molecule has 1 heterocycles. The number of benzene rings is 1. The highest BCUT2D eigenvalue weighted by molar-refractivity contribution is 6.07. The van der Waals surface area contributed by atoms with Gasteiger partial charge < -0.3 is 10.4 Å². The van der Waals surface area contributed by atoms with Crippen LogP contribution in [0.3, 0.4) is 0 Å². The van der Waals surface area contributed by atoms with E-state index < -0.39 is 23.7 Å². The fourth-order valence-corrected chi connectivity index (χ4v) is 2.06. The van der Waals surface area contributed by atoms with Crippen molar-refractivity contribution in [3.63, 3.8) is 0 Å². The van der Waals surface area contributed by atoms with Gasteiger partial charge >= 0.3 is 5.97 Å². The molecule has 5 heteroatoms. The van der Waals surface area contributed by atoms with Crippen LogP contribution in [0.5, 0.6) is 0 Å². The third-order valence-electron chi connectivity index (χ3n) is 2.99. The van der Waals surface area contributed by atoms with Crippen LogP contribution in [0.15, 0.2) is 30.3 Å². The third-order valence-corrected chi connectivity index (χ3v) is 2.99. The van der Waals surface area contributed by atoms with Crippen molar-refractivity contribution in [2.45, 2.75) is 18.9 Å². The topological polar surface area (TPSA) is 83.5 Å². The van der Waals surface area contributed by atoms with Crippen molar-refractivity contribution in [2.75, 3.05) is 0 Å². The Bertz CT molecular complexity index is 483. The van der Waals surface area contributed by atoms with Crippen molar-refractivity contribution in [3.8, 4) is 0 Å². The molecular formula is C13H13NO4. The van der Waals surface area contributed by atoms with E-state index in [1.54, 1.807) is 0 Å². The van der Waals surface area contributed by atoms with Crippen molar-refractivity contribution >= 4 is 17.7 Å². The molecule has 0 radical (unpaired) electrons. The number of carbonyl (C=O) groups is 3. The molecule has 5 nitrogen and oxygen atoms in total. The van der Waals surface area contributed by atoms with Crippen molar-refractivity contribution in [2.24, 2.45) is 5.92 Å². The quantitative estimate of drug-likeness (QED) is 0.757. The second kappa shape index (κ2) is 5.00. The summed E-state index contributed by atoms with van der Waals surface area (Å²) in [5.74, 6) is -3.26. The van der Waals surface area contributed by atoms with Gasteiger partial charge in [0.1, 0.15) is 5.92 Å². The second-order valence-corrected chi connectivity index (χ2v) is 4.31. The lowest BCUT2D eigenvalue weighted by molar-refractivity contribution is -0.152. The first-order chi connectivity index (χ1) is 8.58. The van der Waals surface area contributed by atoms with Gasteiger partial charge in [0.2, 0.25) is 5.91 Å². The number of hydrogen-bond acceptors (Lipinski definition) is 3. The molecular weight excluding hydrogens is 234 g/mol. The third kappa shape index (κ3) is 2.56. The lowest BCUT2D eigenvalue weighted by Gasteiger charge is -2.26. The van der Waals surface area contributed by atoms with Crippen molar-refractivity contribution in [3.05, 3.63) is 35.9 Å². The summed E-state index contributed by atoms with van der Waals surface area (Å²) in [4.78, 5) is 34.2. The van der Waals surface area contributed by atoms with Gasteiger partial charge in [0.25, 0.3) is 0 Å². The van der Waals surface area contributed by atoms with Crippen molar-refractivity contribution < 1.29 is 19.5 Å². The Morgan fingerprint density at radius 3 is 2.56 bits per heavy atom. The zero-order valence-corrected chi connectivity index (χ0v) is 9.63. The predicted octanol–water partition coefficient (Wildman–Crippen LogP) is 0.387. The van der Waals surface area contributed by atoms with Crippen LogP contribution in [-0.2, 0) is 20.8 Å². The number of nitrogens with one attached hydrogen (secondary N) is 1.